The molecule has 0 spiro atoms. The first-order chi connectivity index (χ1) is 15.4. The number of rotatable bonds is 3. The molecule has 3 aromatic rings. The molecule has 0 bridgehead atoms. The highest BCUT2D eigenvalue weighted by molar-refractivity contribution is 5.95. The number of aromatic nitrogens is 3. The number of nitrogens with zero attached hydrogens (tertiary/aromatic N) is 5. The van der Waals surface area contributed by atoms with Gasteiger partial charge in [0.25, 0.3) is 5.91 Å². The topological polar surface area (TPSA) is 53.7 Å². The van der Waals surface area contributed by atoms with Crippen molar-refractivity contribution in [2.24, 2.45) is 5.92 Å². The fourth-order valence-corrected chi connectivity index (χ4v) is 4.96. The summed E-state index contributed by atoms with van der Waals surface area (Å²) in [5, 5.41) is 4.71. The minimum absolute atomic E-state index is 0.340. The van der Waals surface area contributed by atoms with E-state index in [-0.39, 0.29) is 6.04 Å². The summed E-state index contributed by atoms with van der Waals surface area (Å²) in [7, 11) is 0. The molecule has 2 atom stereocenters. The summed E-state index contributed by atoms with van der Waals surface area (Å²) in [6, 6.07) is 5.06. The predicted octanol–water partition coefficient (Wildman–Crippen LogP) is 4.53. The number of carbonyl (C=O) groups is 1. The molecule has 0 unspecified atom stereocenters. The van der Waals surface area contributed by atoms with Crippen molar-refractivity contribution < 1.29 is 13.6 Å². The first-order valence-electron chi connectivity index (χ1n) is 11.3. The van der Waals surface area contributed by atoms with Crippen molar-refractivity contribution in [3.05, 3.63) is 58.9 Å². The molecular formula is C24H27F2N5O. The Labute approximate surface area is 185 Å². The van der Waals surface area contributed by atoms with Gasteiger partial charge >= 0.3 is 0 Å². The van der Waals surface area contributed by atoms with Crippen LogP contribution in [0.5, 0.6) is 0 Å². The summed E-state index contributed by atoms with van der Waals surface area (Å²) < 4.78 is 30.3. The van der Waals surface area contributed by atoms with Gasteiger partial charge in [-0.3, -0.25) is 4.79 Å². The number of piperidine rings is 1. The van der Waals surface area contributed by atoms with Gasteiger partial charge in [0, 0.05) is 37.5 Å². The Morgan fingerprint density at radius 2 is 1.91 bits per heavy atom. The highest BCUT2D eigenvalue weighted by Crippen LogP contribution is 2.33. The number of anilines is 1. The Balaban J connectivity index is 1.49. The molecule has 0 aliphatic carbocycles. The zero-order valence-electron chi connectivity index (χ0n) is 18.4. The van der Waals surface area contributed by atoms with E-state index in [4.69, 9.17) is 10.1 Å². The van der Waals surface area contributed by atoms with Crippen LogP contribution in [0.1, 0.15) is 60.3 Å². The van der Waals surface area contributed by atoms with Gasteiger partial charge in [-0.1, -0.05) is 13.0 Å². The molecule has 2 fully saturated rings. The third-order valence-corrected chi connectivity index (χ3v) is 6.63. The SMILES string of the molecule is Cc1cn2nc([C@@H]3CCCCN3C(=O)c3c(F)cccc3F)cc2nc1N1CC[C@H](C)C1. The molecule has 8 heteroatoms. The molecule has 0 saturated carbocycles. The van der Waals surface area contributed by atoms with E-state index in [1.54, 1.807) is 9.42 Å². The highest BCUT2D eigenvalue weighted by atomic mass is 19.1. The number of hydrogen-bond donors (Lipinski definition) is 0. The lowest BCUT2D eigenvalue weighted by Gasteiger charge is -2.34. The predicted molar refractivity (Wildman–Crippen MR) is 118 cm³/mol. The van der Waals surface area contributed by atoms with E-state index in [0.717, 1.165) is 61.5 Å². The van der Waals surface area contributed by atoms with E-state index >= 15 is 0 Å². The van der Waals surface area contributed by atoms with Crippen LogP contribution in [0.15, 0.2) is 30.5 Å². The van der Waals surface area contributed by atoms with Crippen molar-refractivity contribution in [1.29, 1.82) is 0 Å². The van der Waals surface area contributed by atoms with Crippen LogP contribution < -0.4 is 4.90 Å². The molecule has 1 aromatic carbocycles. The van der Waals surface area contributed by atoms with Crippen molar-refractivity contribution >= 4 is 17.4 Å². The number of halogens is 2. The second-order valence-corrected chi connectivity index (χ2v) is 9.07. The van der Waals surface area contributed by atoms with Gasteiger partial charge in [-0.2, -0.15) is 5.10 Å². The van der Waals surface area contributed by atoms with Crippen LogP contribution in [0.4, 0.5) is 14.6 Å². The molecule has 0 N–H and O–H groups in total. The first kappa shape index (κ1) is 20.8. The molecule has 1 amide bonds. The molecule has 4 heterocycles. The number of aryl methyl sites for hydroxylation is 1. The number of benzene rings is 1. The number of amides is 1. The Bertz CT molecular complexity index is 1160. The minimum atomic E-state index is -0.837. The third-order valence-electron chi connectivity index (χ3n) is 6.63. The van der Waals surface area contributed by atoms with Gasteiger partial charge < -0.3 is 9.80 Å². The summed E-state index contributed by atoms with van der Waals surface area (Å²) in [5.74, 6) is -0.683. The maximum absolute atomic E-state index is 14.3. The number of carbonyl (C=O) groups excluding carboxylic acids is 1. The number of hydrogen-bond acceptors (Lipinski definition) is 4. The van der Waals surface area contributed by atoms with E-state index in [1.165, 1.54) is 6.07 Å². The quantitative estimate of drug-likeness (QED) is 0.602. The lowest BCUT2D eigenvalue weighted by molar-refractivity contribution is 0.0595. The molecule has 6 nitrogen and oxygen atoms in total. The van der Waals surface area contributed by atoms with Crippen LogP contribution in [-0.4, -0.2) is 45.0 Å². The molecule has 2 aliphatic heterocycles. The van der Waals surface area contributed by atoms with Gasteiger partial charge in [0.2, 0.25) is 0 Å². The lowest BCUT2D eigenvalue weighted by atomic mass is 9.98. The van der Waals surface area contributed by atoms with E-state index in [2.05, 4.69) is 11.8 Å². The molecule has 5 rings (SSSR count). The van der Waals surface area contributed by atoms with Crippen molar-refractivity contribution in [2.75, 3.05) is 24.5 Å². The Morgan fingerprint density at radius 3 is 2.62 bits per heavy atom. The van der Waals surface area contributed by atoms with Crippen molar-refractivity contribution in [3.63, 3.8) is 0 Å². The van der Waals surface area contributed by atoms with E-state index in [1.807, 2.05) is 19.2 Å². The van der Waals surface area contributed by atoms with Gasteiger partial charge in [-0.25, -0.2) is 18.3 Å². The average Bonchev–Trinajstić information content (AvgIpc) is 3.38. The van der Waals surface area contributed by atoms with Gasteiger partial charge in [-0.15, -0.1) is 0 Å². The number of likely N-dealkylation sites (tertiary alicyclic amines) is 1. The summed E-state index contributed by atoms with van der Waals surface area (Å²) in [6.45, 7) is 6.70. The summed E-state index contributed by atoms with van der Waals surface area (Å²) in [6.07, 6.45) is 5.53. The Kier molecular flexibility index (Phi) is 5.31. The molecule has 168 valence electrons. The summed E-state index contributed by atoms with van der Waals surface area (Å²) in [5.41, 5.74) is 1.97. The standard InChI is InChI=1S/C24H27F2N5O/c1-15-9-11-29(13-15)23-16(2)14-31-21(27-23)12-19(28-31)20-8-3-4-10-30(20)24(32)22-17(25)6-5-7-18(22)26/h5-7,12,14-15,20H,3-4,8-11,13H2,1-2H3/t15-,20-/m0/s1. The Hall–Kier alpha value is -3.03. The van der Waals surface area contributed by atoms with E-state index < -0.39 is 23.1 Å². The van der Waals surface area contributed by atoms with Crippen LogP contribution in [0.2, 0.25) is 0 Å². The largest absolute Gasteiger partial charge is 0.356 e. The third kappa shape index (κ3) is 3.61. The molecule has 2 saturated heterocycles. The second-order valence-electron chi connectivity index (χ2n) is 9.07. The first-order valence-corrected chi connectivity index (χ1v) is 11.3. The number of fused-ring (bicyclic) bond motifs is 1. The van der Waals surface area contributed by atoms with Crippen LogP contribution in [-0.2, 0) is 0 Å². The fourth-order valence-electron chi connectivity index (χ4n) is 4.96. The minimum Gasteiger partial charge on any atom is -0.356 e. The smallest absolute Gasteiger partial charge is 0.260 e. The molecular weight excluding hydrogens is 412 g/mol. The van der Waals surface area contributed by atoms with Crippen molar-refractivity contribution in [2.45, 2.75) is 45.6 Å². The van der Waals surface area contributed by atoms with Gasteiger partial charge in [0.1, 0.15) is 23.0 Å². The lowest BCUT2D eigenvalue weighted by Crippen LogP contribution is -2.39. The highest BCUT2D eigenvalue weighted by Gasteiger charge is 2.33. The maximum Gasteiger partial charge on any atom is 0.260 e. The van der Waals surface area contributed by atoms with Crippen LogP contribution in [0, 0.1) is 24.5 Å². The zero-order valence-corrected chi connectivity index (χ0v) is 18.4. The maximum atomic E-state index is 14.3. The summed E-state index contributed by atoms with van der Waals surface area (Å²) in [4.78, 5) is 21.9. The van der Waals surface area contributed by atoms with E-state index in [9.17, 15) is 13.6 Å². The van der Waals surface area contributed by atoms with Crippen molar-refractivity contribution in [3.8, 4) is 0 Å². The van der Waals surface area contributed by atoms with Crippen molar-refractivity contribution in [1.82, 2.24) is 19.5 Å². The average molecular weight is 440 g/mol. The van der Waals surface area contributed by atoms with E-state index in [0.29, 0.717) is 24.6 Å². The molecule has 2 aliphatic rings. The normalized spacial score (nSPS) is 21.5. The fraction of sp³-hybridized carbons (Fsp3) is 0.458. The van der Waals surface area contributed by atoms with Gasteiger partial charge in [0.15, 0.2) is 5.65 Å². The molecule has 0 radical (unpaired) electrons. The zero-order chi connectivity index (χ0) is 22.4. The second kappa shape index (κ2) is 8.15. The monoisotopic (exact) mass is 439 g/mol. The summed E-state index contributed by atoms with van der Waals surface area (Å²) >= 11 is 0. The molecule has 2 aromatic heterocycles. The van der Waals surface area contributed by atoms with Crippen LogP contribution >= 0.6 is 0 Å². The van der Waals surface area contributed by atoms with Crippen LogP contribution in [0.3, 0.4) is 0 Å². The van der Waals surface area contributed by atoms with Crippen LogP contribution in [0.25, 0.3) is 5.65 Å². The van der Waals surface area contributed by atoms with Gasteiger partial charge in [-0.05, 0) is 50.7 Å². The Morgan fingerprint density at radius 1 is 1.12 bits per heavy atom. The molecule has 32 heavy (non-hydrogen) atoms. The van der Waals surface area contributed by atoms with Gasteiger partial charge in [0.05, 0.1) is 11.7 Å².